The zero-order chi connectivity index (χ0) is 20.6. The number of benzene rings is 1. The fourth-order valence-electron chi connectivity index (χ4n) is 4.82. The Bertz CT molecular complexity index is 851. The number of amides is 4. The number of carbonyl (C=O) groups excluding carboxylic acids is 3. The van der Waals surface area contributed by atoms with Crippen LogP contribution in [0.5, 0.6) is 0 Å². The molecule has 2 aliphatic heterocycles. The van der Waals surface area contributed by atoms with Crippen LogP contribution >= 0.6 is 0 Å². The second kappa shape index (κ2) is 7.65. The van der Waals surface area contributed by atoms with Crippen LogP contribution in [0.15, 0.2) is 12.1 Å². The maximum atomic E-state index is 14.2. The van der Waals surface area contributed by atoms with Gasteiger partial charge in [0.15, 0.2) is 0 Å². The minimum atomic E-state index is -0.858. The van der Waals surface area contributed by atoms with Crippen molar-refractivity contribution in [3.05, 3.63) is 29.1 Å². The van der Waals surface area contributed by atoms with E-state index in [1.165, 1.54) is 6.07 Å². The Labute approximate surface area is 169 Å². The smallest absolute Gasteiger partial charge is 0.344 e. The van der Waals surface area contributed by atoms with Crippen molar-refractivity contribution in [2.24, 2.45) is 0 Å². The number of rotatable bonds is 4. The van der Waals surface area contributed by atoms with E-state index in [0.717, 1.165) is 48.5 Å². The van der Waals surface area contributed by atoms with Crippen LogP contribution in [-0.4, -0.2) is 41.5 Å². The highest BCUT2D eigenvalue weighted by molar-refractivity contribution is 6.08. The number of carbonyl (C=O) groups is 3. The van der Waals surface area contributed by atoms with Crippen molar-refractivity contribution in [2.45, 2.75) is 63.8 Å². The molecule has 4 amide bonds. The first-order valence-electron chi connectivity index (χ1n) is 10.4. The van der Waals surface area contributed by atoms with Crippen molar-refractivity contribution in [3.8, 4) is 0 Å². The predicted molar refractivity (Wildman–Crippen MR) is 106 cm³/mol. The summed E-state index contributed by atoms with van der Waals surface area (Å²) in [5.74, 6) is -0.976. The van der Waals surface area contributed by atoms with E-state index < -0.39 is 17.5 Å². The van der Waals surface area contributed by atoms with E-state index in [-0.39, 0.29) is 18.1 Å². The molecule has 1 spiro atoms. The number of hydrogen-bond donors (Lipinski definition) is 2. The van der Waals surface area contributed by atoms with Gasteiger partial charge in [0.05, 0.1) is 0 Å². The molecule has 1 aromatic carbocycles. The molecular formula is C21H27FN4O3. The van der Waals surface area contributed by atoms with Crippen LogP contribution in [0, 0.1) is 12.7 Å². The van der Waals surface area contributed by atoms with Crippen LogP contribution in [0.25, 0.3) is 0 Å². The normalized spacial score (nSPS) is 20.6. The molecule has 29 heavy (non-hydrogen) atoms. The molecule has 7 nitrogen and oxygen atoms in total. The van der Waals surface area contributed by atoms with Gasteiger partial charge in [0.25, 0.3) is 5.91 Å². The Morgan fingerprint density at radius 3 is 2.72 bits per heavy atom. The summed E-state index contributed by atoms with van der Waals surface area (Å²) in [5.41, 5.74) is 4.16. The van der Waals surface area contributed by atoms with Gasteiger partial charge < -0.3 is 10.2 Å². The third kappa shape index (κ3) is 3.56. The number of nitrogens with zero attached hydrogens (tertiary/aromatic N) is 2. The van der Waals surface area contributed by atoms with Crippen LogP contribution in [0.4, 0.5) is 14.9 Å². The fourth-order valence-corrected chi connectivity index (χ4v) is 4.82. The Morgan fingerprint density at radius 2 is 1.97 bits per heavy atom. The highest BCUT2D eigenvalue weighted by atomic mass is 19.1. The van der Waals surface area contributed by atoms with Gasteiger partial charge in [-0.3, -0.25) is 15.0 Å². The summed E-state index contributed by atoms with van der Waals surface area (Å²) in [7, 11) is 0. The zero-order valence-electron chi connectivity index (χ0n) is 16.7. The van der Waals surface area contributed by atoms with E-state index in [1.54, 1.807) is 6.07 Å². The van der Waals surface area contributed by atoms with E-state index in [0.29, 0.717) is 31.4 Å². The standard InChI is InChI=1S/C21H27FN4O3/c1-14-7-8-16(22)15-6-5-12-25(18(14)15)13-9-17(27)24-26-19(28)21(23-20(26)29)10-3-2-4-11-21/h7-8H,2-6,9-13H2,1H3,(H,23,29)(H,24,27). The van der Waals surface area contributed by atoms with Crippen LogP contribution in [0.2, 0.25) is 0 Å². The average molecular weight is 402 g/mol. The molecule has 156 valence electrons. The Morgan fingerprint density at radius 1 is 1.21 bits per heavy atom. The first kappa shape index (κ1) is 19.7. The molecule has 0 radical (unpaired) electrons. The molecular weight excluding hydrogens is 375 g/mol. The molecule has 0 atom stereocenters. The first-order chi connectivity index (χ1) is 13.9. The van der Waals surface area contributed by atoms with Crippen LogP contribution in [0.3, 0.4) is 0 Å². The van der Waals surface area contributed by atoms with Crippen molar-refractivity contribution in [1.82, 2.24) is 15.8 Å². The molecule has 1 saturated carbocycles. The number of hydrazine groups is 1. The number of aryl methyl sites for hydroxylation is 1. The third-order valence-electron chi connectivity index (χ3n) is 6.31. The van der Waals surface area contributed by atoms with Gasteiger partial charge in [0.2, 0.25) is 5.91 Å². The average Bonchev–Trinajstić information content (AvgIpc) is 2.93. The number of halogens is 1. The summed E-state index contributed by atoms with van der Waals surface area (Å²) in [6.45, 7) is 3.09. The number of fused-ring (bicyclic) bond motifs is 1. The van der Waals surface area contributed by atoms with Gasteiger partial charge in [-0.05, 0) is 44.2 Å². The lowest BCUT2D eigenvalue weighted by Gasteiger charge is -2.33. The summed E-state index contributed by atoms with van der Waals surface area (Å²) in [5, 5.41) is 3.61. The number of urea groups is 1. The summed E-state index contributed by atoms with van der Waals surface area (Å²) < 4.78 is 14.2. The van der Waals surface area contributed by atoms with Crippen molar-refractivity contribution >= 4 is 23.5 Å². The molecule has 0 bridgehead atoms. The topological polar surface area (TPSA) is 81.8 Å². The monoisotopic (exact) mass is 402 g/mol. The molecule has 8 heteroatoms. The van der Waals surface area contributed by atoms with E-state index in [2.05, 4.69) is 10.7 Å². The third-order valence-corrected chi connectivity index (χ3v) is 6.31. The SMILES string of the molecule is Cc1ccc(F)c2c1N(CCC(=O)NN1C(=O)NC3(CCCCC3)C1=O)CCC2. The van der Waals surface area contributed by atoms with Gasteiger partial charge in [-0.2, -0.15) is 5.01 Å². The van der Waals surface area contributed by atoms with Gasteiger partial charge in [0.1, 0.15) is 11.4 Å². The van der Waals surface area contributed by atoms with Gasteiger partial charge in [-0.25, -0.2) is 9.18 Å². The van der Waals surface area contributed by atoms with Crippen molar-refractivity contribution in [1.29, 1.82) is 0 Å². The van der Waals surface area contributed by atoms with Crippen molar-refractivity contribution in [2.75, 3.05) is 18.0 Å². The van der Waals surface area contributed by atoms with Crippen molar-refractivity contribution in [3.63, 3.8) is 0 Å². The number of imide groups is 1. The molecule has 2 fully saturated rings. The van der Waals surface area contributed by atoms with Gasteiger partial charge >= 0.3 is 6.03 Å². The summed E-state index contributed by atoms with van der Waals surface area (Å²) in [6, 6.07) is 2.68. The van der Waals surface area contributed by atoms with Crippen LogP contribution in [0.1, 0.15) is 56.1 Å². The second-order valence-electron chi connectivity index (χ2n) is 8.28. The molecule has 2 heterocycles. The van der Waals surface area contributed by atoms with E-state index in [9.17, 15) is 18.8 Å². The maximum Gasteiger partial charge on any atom is 0.344 e. The minimum absolute atomic E-state index is 0.111. The van der Waals surface area contributed by atoms with E-state index >= 15 is 0 Å². The second-order valence-corrected chi connectivity index (χ2v) is 8.28. The largest absolute Gasteiger partial charge is 0.370 e. The molecule has 0 aromatic heterocycles. The molecule has 1 aromatic rings. The van der Waals surface area contributed by atoms with E-state index in [1.807, 2.05) is 11.8 Å². The lowest BCUT2D eigenvalue weighted by molar-refractivity contribution is -0.139. The van der Waals surface area contributed by atoms with Gasteiger partial charge in [-0.15, -0.1) is 0 Å². The first-order valence-corrected chi connectivity index (χ1v) is 10.4. The van der Waals surface area contributed by atoms with Gasteiger partial charge in [-0.1, -0.05) is 25.3 Å². The minimum Gasteiger partial charge on any atom is -0.370 e. The Balaban J connectivity index is 1.39. The summed E-state index contributed by atoms with van der Waals surface area (Å²) in [4.78, 5) is 39.5. The highest BCUT2D eigenvalue weighted by Crippen LogP contribution is 2.34. The van der Waals surface area contributed by atoms with Crippen molar-refractivity contribution < 1.29 is 18.8 Å². The number of anilines is 1. The molecule has 4 rings (SSSR count). The Hall–Kier alpha value is -2.64. The fraction of sp³-hybridized carbons (Fsp3) is 0.571. The molecule has 2 N–H and O–H groups in total. The molecule has 3 aliphatic rings. The quantitative estimate of drug-likeness (QED) is 0.759. The summed E-state index contributed by atoms with van der Waals surface area (Å²) >= 11 is 0. The Kier molecular flexibility index (Phi) is 5.19. The number of nitrogens with one attached hydrogen (secondary N) is 2. The molecule has 1 aliphatic carbocycles. The van der Waals surface area contributed by atoms with Crippen LogP contribution in [-0.2, 0) is 16.0 Å². The lowest BCUT2D eigenvalue weighted by atomic mass is 9.82. The lowest BCUT2D eigenvalue weighted by Crippen LogP contribution is -2.51. The van der Waals surface area contributed by atoms with E-state index in [4.69, 9.17) is 0 Å². The molecule has 1 saturated heterocycles. The summed E-state index contributed by atoms with van der Waals surface area (Å²) in [6.07, 6.45) is 5.67. The predicted octanol–water partition coefficient (Wildman–Crippen LogP) is 2.56. The maximum absolute atomic E-state index is 14.2. The van der Waals surface area contributed by atoms with Gasteiger partial charge in [0, 0.05) is 30.8 Å². The molecule has 0 unspecified atom stereocenters. The van der Waals surface area contributed by atoms with Crippen LogP contribution < -0.4 is 15.6 Å². The highest BCUT2D eigenvalue weighted by Gasteiger charge is 2.52. The zero-order valence-corrected chi connectivity index (χ0v) is 16.7. The number of hydrogen-bond acceptors (Lipinski definition) is 4.